The number of aldehydes is 1. The van der Waals surface area contributed by atoms with Gasteiger partial charge in [0.1, 0.15) is 18.7 Å². The van der Waals surface area contributed by atoms with Crippen LogP contribution in [0.1, 0.15) is 11.1 Å². The predicted octanol–water partition coefficient (Wildman–Crippen LogP) is 4.42. The summed E-state index contributed by atoms with van der Waals surface area (Å²) in [6, 6.07) is 28.2. The highest BCUT2D eigenvalue weighted by atomic mass is 16.6. The quantitative estimate of drug-likeness (QED) is 0.483. The Kier molecular flexibility index (Phi) is 6.15. The van der Waals surface area contributed by atoms with Crippen molar-refractivity contribution in [3.8, 4) is 11.1 Å². The van der Waals surface area contributed by atoms with Crippen LogP contribution in [0.3, 0.4) is 0 Å². The highest BCUT2D eigenvalue weighted by molar-refractivity contribution is 5.68. The lowest BCUT2D eigenvalue weighted by Gasteiger charge is -2.17. The summed E-state index contributed by atoms with van der Waals surface area (Å²) >= 11 is 0. The van der Waals surface area contributed by atoms with E-state index < -0.39 is 6.23 Å². The summed E-state index contributed by atoms with van der Waals surface area (Å²) in [5.41, 5.74) is 4.37. The summed E-state index contributed by atoms with van der Waals surface area (Å²) in [7, 11) is 0. The van der Waals surface area contributed by atoms with E-state index in [1.807, 2.05) is 66.7 Å². The molecule has 146 valence electrons. The zero-order valence-electron chi connectivity index (χ0n) is 16.0. The van der Waals surface area contributed by atoms with Crippen molar-refractivity contribution in [2.75, 3.05) is 6.61 Å². The third-order valence-corrected chi connectivity index (χ3v) is 4.78. The summed E-state index contributed by atoms with van der Waals surface area (Å²) in [6.07, 6.45) is 2.39. The molecule has 3 aromatic carbocycles. The summed E-state index contributed by atoms with van der Waals surface area (Å²) < 4.78 is 11.9. The van der Waals surface area contributed by atoms with Gasteiger partial charge >= 0.3 is 0 Å². The normalized spacial score (nSPS) is 19.1. The first-order chi connectivity index (χ1) is 14.3. The van der Waals surface area contributed by atoms with Crippen LogP contribution in [-0.2, 0) is 20.9 Å². The van der Waals surface area contributed by atoms with Crippen molar-refractivity contribution in [2.24, 2.45) is 0 Å². The lowest BCUT2D eigenvalue weighted by atomic mass is 10.0. The number of benzene rings is 3. The summed E-state index contributed by atoms with van der Waals surface area (Å²) in [6.45, 7) is 0.766. The average Bonchev–Trinajstić information content (AvgIpc) is 3.27. The van der Waals surface area contributed by atoms with Crippen molar-refractivity contribution in [1.29, 1.82) is 0 Å². The van der Waals surface area contributed by atoms with E-state index in [4.69, 9.17) is 9.47 Å². The molecule has 0 aliphatic carbocycles. The van der Waals surface area contributed by atoms with Crippen LogP contribution in [0.4, 0.5) is 0 Å². The molecular formula is C25H23NO3. The number of carbonyl (C=O) groups excluding carboxylic acids is 1. The van der Waals surface area contributed by atoms with Gasteiger partial charge < -0.3 is 14.3 Å². The first-order valence-electron chi connectivity index (χ1n) is 9.68. The zero-order chi connectivity index (χ0) is 19.9. The zero-order valence-corrected chi connectivity index (χ0v) is 16.0. The molecule has 3 aromatic rings. The highest BCUT2D eigenvalue weighted by Gasteiger charge is 2.28. The van der Waals surface area contributed by atoms with Crippen molar-refractivity contribution in [2.45, 2.75) is 18.9 Å². The van der Waals surface area contributed by atoms with E-state index in [1.54, 1.807) is 0 Å². The Balaban J connectivity index is 1.59. The van der Waals surface area contributed by atoms with Gasteiger partial charge in [0.05, 0.1) is 12.6 Å². The molecule has 29 heavy (non-hydrogen) atoms. The van der Waals surface area contributed by atoms with Gasteiger partial charge in [0.25, 0.3) is 0 Å². The van der Waals surface area contributed by atoms with Gasteiger partial charge in [0.15, 0.2) is 6.23 Å². The Hall–Kier alpha value is -3.21. The third-order valence-electron chi connectivity index (χ3n) is 4.78. The van der Waals surface area contributed by atoms with Gasteiger partial charge in [0.2, 0.25) is 0 Å². The number of rotatable bonds is 7. The van der Waals surface area contributed by atoms with E-state index in [9.17, 15) is 4.79 Å². The fourth-order valence-electron chi connectivity index (χ4n) is 3.27. The lowest BCUT2D eigenvalue weighted by Crippen LogP contribution is -2.33. The molecule has 1 fully saturated rings. The molecule has 4 nitrogen and oxygen atoms in total. The maximum atomic E-state index is 11.1. The molecule has 4 heteroatoms. The van der Waals surface area contributed by atoms with Gasteiger partial charge in [-0.3, -0.25) is 5.32 Å². The molecule has 1 N–H and O–H groups in total. The minimum Gasteiger partial charge on any atom is -0.489 e. The van der Waals surface area contributed by atoms with E-state index in [0.717, 1.165) is 28.5 Å². The van der Waals surface area contributed by atoms with Crippen LogP contribution in [0.2, 0.25) is 0 Å². The minimum absolute atomic E-state index is 0.320. The number of ether oxygens (including phenoxy) is 2. The molecule has 0 bridgehead atoms. The average molecular weight is 385 g/mol. The van der Waals surface area contributed by atoms with Crippen LogP contribution >= 0.6 is 0 Å². The second-order valence-electron chi connectivity index (χ2n) is 6.94. The Labute approximate surface area is 170 Å². The van der Waals surface area contributed by atoms with Gasteiger partial charge in [-0.25, -0.2) is 0 Å². The molecule has 0 radical (unpaired) electrons. The first-order valence-corrected chi connectivity index (χ1v) is 9.68. The molecule has 4 rings (SSSR count). The number of carbonyl (C=O) groups is 1. The summed E-state index contributed by atoms with van der Waals surface area (Å²) in [4.78, 5) is 11.1. The van der Waals surface area contributed by atoms with Crippen LogP contribution in [0.25, 0.3) is 17.2 Å². The van der Waals surface area contributed by atoms with Crippen molar-refractivity contribution in [3.63, 3.8) is 0 Å². The van der Waals surface area contributed by atoms with Crippen molar-refractivity contribution in [1.82, 2.24) is 5.32 Å². The molecular weight excluding hydrogens is 362 g/mol. The fourth-order valence-corrected chi connectivity index (χ4v) is 3.27. The third kappa shape index (κ3) is 4.99. The molecule has 0 saturated carbocycles. The maximum absolute atomic E-state index is 11.1. The second-order valence-corrected chi connectivity index (χ2v) is 6.94. The van der Waals surface area contributed by atoms with Crippen LogP contribution in [-0.4, -0.2) is 25.2 Å². The van der Waals surface area contributed by atoms with Gasteiger partial charge in [-0.1, -0.05) is 78.9 Å². The number of hydrogen-bond donors (Lipinski definition) is 1. The molecule has 0 amide bonds. The van der Waals surface area contributed by atoms with Gasteiger partial charge in [0, 0.05) is 0 Å². The summed E-state index contributed by atoms with van der Waals surface area (Å²) in [5.74, 6) is 0.656. The maximum Gasteiger partial charge on any atom is 0.167 e. The number of nitrogens with one attached hydrogen (secondary N) is 1. The van der Waals surface area contributed by atoms with Crippen molar-refractivity contribution >= 4 is 12.4 Å². The Morgan fingerprint density at radius 3 is 2.41 bits per heavy atom. The standard InChI is InChI=1S/C25H23NO3/c27-16-23-18-29-25(26-23)24(28-17-19-8-3-1-4-9-19)15-20-10-7-13-22(14-20)21-11-5-2-6-12-21/h1-16,23,25-26H,17-18H2. The summed E-state index contributed by atoms with van der Waals surface area (Å²) in [5, 5.41) is 3.16. The molecule has 0 aromatic heterocycles. The second kappa shape index (κ2) is 9.32. The molecule has 1 aliphatic rings. The van der Waals surface area contributed by atoms with Gasteiger partial charge in [-0.2, -0.15) is 0 Å². The Bertz CT molecular complexity index is 970. The van der Waals surface area contributed by atoms with Crippen LogP contribution in [0.15, 0.2) is 90.7 Å². The van der Waals surface area contributed by atoms with Crippen LogP contribution in [0.5, 0.6) is 0 Å². The van der Waals surface area contributed by atoms with Crippen molar-refractivity contribution in [3.05, 3.63) is 102 Å². The van der Waals surface area contributed by atoms with E-state index in [0.29, 0.717) is 19.0 Å². The molecule has 1 saturated heterocycles. The van der Waals surface area contributed by atoms with Crippen molar-refractivity contribution < 1.29 is 14.3 Å². The van der Waals surface area contributed by atoms with E-state index >= 15 is 0 Å². The Morgan fingerprint density at radius 2 is 1.69 bits per heavy atom. The van der Waals surface area contributed by atoms with Gasteiger partial charge in [-0.15, -0.1) is 0 Å². The highest BCUT2D eigenvalue weighted by Crippen LogP contribution is 2.23. The topological polar surface area (TPSA) is 47.6 Å². The first kappa shape index (κ1) is 19.1. The van der Waals surface area contributed by atoms with Gasteiger partial charge in [-0.05, 0) is 34.4 Å². The van der Waals surface area contributed by atoms with E-state index in [2.05, 4.69) is 29.6 Å². The SMILES string of the molecule is O=CC1COC(C(=Cc2cccc(-c3ccccc3)c2)OCc2ccccc2)N1. The smallest absolute Gasteiger partial charge is 0.167 e. The monoisotopic (exact) mass is 385 g/mol. The van der Waals surface area contributed by atoms with Crippen LogP contribution in [0, 0.1) is 0 Å². The molecule has 1 heterocycles. The Morgan fingerprint density at radius 1 is 0.966 bits per heavy atom. The molecule has 2 atom stereocenters. The van der Waals surface area contributed by atoms with E-state index in [1.165, 1.54) is 0 Å². The molecule has 1 aliphatic heterocycles. The predicted molar refractivity (Wildman–Crippen MR) is 114 cm³/mol. The number of hydrogen-bond acceptors (Lipinski definition) is 4. The fraction of sp³-hybridized carbons (Fsp3) is 0.160. The van der Waals surface area contributed by atoms with E-state index in [-0.39, 0.29) is 6.04 Å². The molecule has 0 spiro atoms. The largest absolute Gasteiger partial charge is 0.489 e. The lowest BCUT2D eigenvalue weighted by molar-refractivity contribution is -0.109. The minimum atomic E-state index is -0.450. The van der Waals surface area contributed by atoms with Crippen LogP contribution < -0.4 is 5.32 Å². The molecule has 2 unspecified atom stereocenters.